The first kappa shape index (κ1) is 14.2. The van der Waals surface area contributed by atoms with Gasteiger partial charge in [-0.15, -0.1) is 0 Å². The Labute approximate surface area is 139 Å². The number of hydrogen-bond donors (Lipinski definition) is 1. The SMILES string of the molecule is N#CN1Cc2cccc(Nc3cc4cc(C=O)ccc4cn3)c2C1. The van der Waals surface area contributed by atoms with Crippen molar-refractivity contribution in [2.24, 2.45) is 0 Å². The van der Waals surface area contributed by atoms with Crippen LogP contribution in [0.15, 0.2) is 48.7 Å². The average molecular weight is 314 g/mol. The summed E-state index contributed by atoms with van der Waals surface area (Å²) in [6.45, 7) is 1.26. The predicted octanol–water partition coefficient (Wildman–Crippen LogP) is 3.59. The summed E-state index contributed by atoms with van der Waals surface area (Å²) >= 11 is 0. The molecule has 0 saturated heterocycles. The number of anilines is 2. The number of nitrogens with zero attached hydrogens (tertiary/aromatic N) is 3. The van der Waals surface area contributed by atoms with Crippen molar-refractivity contribution in [2.45, 2.75) is 13.1 Å². The van der Waals surface area contributed by atoms with Gasteiger partial charge < -0.3 is 10.2 Å². The topological polar surface area (TPSA) is 69.0 Å². The summed E-state index contributed by atoms with van der Waals surface area (Å²) in [5.41, 5.74) is 3.89. The van der Waals surface area contributed by atoms with E-state index in [0.29, 0.717) is 24.5 Å². The molecule has 1 aliphatic rings. The third-order valence-electron chi connectivity index (χ3n) is 4.27. The quantitative estimate of drug-likeness (QED) is 0.591. The molecule has 2 heterocycles. The Bertz CT molecular complexity index is 990. The second kappa shape index (κ2) is 5.67. The smallest absolute Gasteiger partial charge is 0.179 e. The molecule has 5 nitrogen and oxygen atoms in total. The lowest BCUT2D eigenvalue weighted by molar-refractivity contribution is 0.112. The molecule has 1 N–H and O–H groups in total. The monoisotopic (exact) mass is 314 g/mol. The summed E-state index contributed by atoms with van der Waals surface area (Å²) in [7, 11) is 0. The number of carbonyl (C=O) groups excluding carboxylic acids is 1. The molecule has 5 heteroatoms. The first-order valence-corrected chi connectivity index (χ1v) is 7.64. The van der Waals surface area contributed by atoms with Crippen LogP contribution in [-0.4, -0.2) is 16.2 Å². The molecule has 0 saturated carbocycles. The summed E-state index contributed by atoms with van der Waals surface area (Å²) in [5.74, 6) is 0.717. The van der Waals surface area contributed by atoms with E-state index in [2.05, 4.69) is 16.5 Å². The fourth-order valence-corrected chi connectivity index (χ4v) is 3.05. The lowest BCUT2D eigenvalue weighted by atomic mass is 10.1. The zero-order valence-electron chi connectivity index (χ0n) is 12.9. The second-order valence-electron chi connectivity index (χ2n) is 5.82. The van der Waals surface area contributed by atoms with Gasteiger partial charge in [0.1, 0.15) is 12.1 Å². The largest absolute Gasteiger partial charge is 0.340 e. The Kier molecular flexibility index (Phi) is 3.36. The number of nitrogens with one attached hydrogen (secondary N) is 1. The number of aromatic nitrogens is 1. The first-order chi connectivity index (χ1) is 11.8. The molecular formula is C19H14N4O. The van der Waals surface area contributed by atoms with Crippen LogP contribution in [0.25, 0.3) is 10.8 Å². The Balaban J connectivity index is 1.69. The van der Waals surface area contributed by atoms with Crippen molar-refractivity contribution in [3.05, 3.63) is 65.4 Å². The standard InChI is InChI=1S/C19H14N4O/c20-12-23-9-15-2-1-3-18(17(15)10-23)22-19-7-16-6-13(11-24)4-5-14(16)8-21-19/h1-8,11H,9-10H2,(H,21,22). The van der Waals surface area contributed by atoms with Gasteiger partial charge in [-0.25, -0.2) is 4.98 Å². The molecule has 116 valence electrons. The highest BCUT2D eigenvalue weighted by molar-refractivity contribution is 5.90. The maximum absolute atomic E-state index is 11.0. The molecule has 1 aromatic heterocycles. The zero-order chi connectivity index (χ0) is 16.5. The van der Waals surface area contributed by atoms with Gasteiger partial charge in [0.2, 0.25) is 0 Å². The lowest BCUT2D eigenvalue weighted by Gasteiger charge is -2.11. The molecule has 2 aromatic carbocycles. The van der Waals surface area contributed by atoms with Crippen LogP contribution >= 0.6 is 0 Å². The van der Waals surface area contributed by atoms with Crippen LogP contribution in [0.5, 0.6) is 0 Å². The molecule has 0 bridgehead atoms. The third kappa shape index (κ3) is 2.44. The van der Waals surface area contributed by atoms with E-state index in [9.17, 15) is 4.79 Å². The summed E-state index contributed by atoms with van der Waals surface area (Å²) in [6.07, 6.45) is 4.83. The zero-order valence-corrected chi connectivity index (χ0v) is 12.9. The van der Waals surface area contributed by atoms with Crippen LogP contribution in [0.3, 0.4) is 0 Å². The van der Waals surface area contributed by atoms with E-state index < -0.39 is 0 Å². The average Bonchev–Trinajstić information content (AvgIpc) is 3.05. The van der Waals surface area contributed by atoms with E-state index in [1.165, 1.54) is 0 Å². The molecule has 0 unspecified atom stereocenters. The highest BCUT2D eigenvalue weighted by Gasteiger charge is 2.20. The normalized spacial score (nSPS) is 12.7. The van der Waals surface area contributed by atoms with Crippen LogP contribution in [0.1, 0.15) is 21.5 Å². The number of rotatable bonds is 3. The molecule has 0 aliphatic carbocycles. The van der Waals surface area contributed by atoms with Gasteiger partial charge in [-0.1, -0.05) is 24.3 Å². The van der Waals surface area contributed by atoms with Gasteiger partial charge in [0.05, 0.1) is 13.1 Å². The first-order valence-electron chi connectivity index (χ1n) is 7.64. The van der Waals surface area contributed by atoms with Crippen molar-refractivity contribution in [3.63, 3.8) is 0 Å². The Morgan fingerprint density at radius 1 is 1.17 bits per heavy atom. The molecule has 0 fully saturated rings. The fourth-order valence-electron chi connectivity index (χ4n) is 3.05. The van der Waals surface area contributed by atoms with E-state index >= 15 is 0 Å². The number of carbonyl (C=O) groups is 1. The van der Waals surface area contributed by atoms with E-state index in [1.807, 2.05) is 36.4 Å². The highest BCUT2D eigenvalue weighted by atomic mass is 16.1. The minimum atomic E-state index is 0.609. The lowest BCUT2D eigenvalue weighted by Crippen LogP contribution is -2.07. The number of pyridine rings is 1. The number of aldehydes is 1. The van der Waals surface area contributed by atoms with Crippen molar-refractivity contribution in [2.75, 3.05) is 5.32 Å². The summed E-state index contributed by atoms with van der Waals surface area (Å²) in [4.78, 5) is 17.1. The maximum Gasteiger partial charge on any atom is 0.179 e. The number of hydrogen-bond acceptors (Lipinski definition) is 5. The summed E-state index contributed by atoms with van der Waals surface area (Å²) < 4.78 is 0. The van der Waals surface area contributed by atoms with Crippen molar-refractivity contribution >= 4 is 28.6 Å². The van der Waals surface area contributed by atoms with Crippen molar-refractivity contribution < 1.29 is 4.79 Å². The van der Waals surface area contributed by atoms with Crippen LogP contribution in [0, 0.1) is 11.5 Å². The van der Waals surface area contributed by atoms with Gasteiger partial charge in [-0.3, -0.25) is 4.79 Å². The molecule has 0 amide bonds. The van der Waals surface area contributed by atoms with Crippen LogP contribution < -0.4 is 5.32 Å². The number of nitriles is 1. The van der Waals surface area contributed by atoms with Gasteiger partial charge in [0.25, 0.3) is 0 Å². The summed E-state index contributed by atoms with van der Waals surface area (Å²) in [6, 6.07) is 13.5. The van der Waals surface area contributed by atoms with Crippen LogP contribution in [0.4, 0.5) is 11.5 Å². The molecule has 0 spiro atoms. The molecule has 3 aromatic rings. The molecular weight excluding hydrogens is 300 g/mol. The fraction of sp³-hybridized carbons (Fsp3) is 0.105. The highest BCUT2D eigenvalue weighted by Crippen LogP contribution is 2.31. The third-order valence-corrected chi connectivity index (χ3v) is 4.27. The molecule has 0 radical (unpaired) electrons. The molecule has 0 atom stereocenters. The Hall–Kier alpha value is -3.39. The number of fused-ring (bicyclic) bond motifs is 2. The summed E-state index contributed by atoms with van der Waals surface area (Å²) in [5, 5.41) is 14.4. The van der Waals surface area contributed by atoms with Crippen molar-refractivity contribution in [1.82, 2.24) is 9.88 Å². The molecule has 24 heavy (non-hydrogen) atoms. The van der Waals surface area contributed by atoms with Crippen molar-refractivity contribution in [1.29, 1.82) is 5.26 Å². The van der Waals surface area contributed by atoms with Gasteiger partial charge in [-0.2, -0.15) is 5.26 Å². The van der Waals surface area contributed by atoms with E-state index in [4.69, 9.17) is 5.26 Å². The van der Waals surface area contributed by atoms with Crippen LogP contribution in [-0.2, 0) is 13.1 Å². The number of benzene rings is 2. The molecule has 4 rings (SSSR count). The van der Waals surface area contributed by atoms with Gasteiger partial charge in [-0.05, 0) is 29.1 Å². The van der Waals surface area contributed by atoms with Gasteiger partial charge in [0, 0.05) is 28.4 Å². The van der Waals surface area contributed by atoms with E-state index in [1.54, 1.807) is 17.2 Å². The van der Waals surface area contributed by atoms with Crippen LogP contribution in [0.2, 0.25) is 0 Å². The Morgan fingerprint density at radius 3 is 2.92 bits per heavy atom. The second-order valence-corrected chi connectivity index (χ2v) is 5.82. The minimum Gasteiger partial charge on any atom is -0.340 e. The minimum absolute atomic E-state index is 0.609. The van der Waals surface area contributed by atoms with Crippen molar-refractivity contribution in [3.8, 4) is 6.19 Å². The van der Waals surface area contributed by atoms with E-state index in [0.717, 1.165) is 33.9 Å². The maximum atomic E-state index is 11.0. The Morgan fingerprint density at radius 2 is 2.08 bits per heavy atom. The van der Waals surface area contributed by atoms with Gasteiger partial charge in [0.15, 0.2) is 6.19 Å². The predicted molar refractivity (Wildman–Crippen MR) is 91.7 cm³/mol. The van der Waals surface area contributed by atoms with E-state index in [-0.39, 0.29) is 0 Å². The van der Waals surface area contributed by atoms with Gasteiger partial charge >= 0.3 is 0 Å². The molecule has 1 aliphatic heterocycles.